The van der Waals surface area contributed by atoms with Gasteiger partial charge in [-0.2, -0.15) is 0 Å². The fourth-order valence-electron chi connectivity index (χ4n) is 2.09. The van der Waals surface area contributed by atoms with Crippen molar-refractivity contribution < 1.29 is 0 Å². The minimum Gasteiger partial charge on any atom is -0.385 e. The van der Waals surface area contributed by atoms with Gasteiger partial charge in [-0.05, 0) is 42.6 Å². The molecule has 0 bridgehead atoms. The molecule has 100 valence electrons. The van der Waals surface area contributed by atoms with Crippen molar-refractivity contribution >= 4 is 5.69 Å². The zero-order valence-electron chi connectivity index (χ0n) is 11.3. The third kappa shape index (κ3) is 4.42. The molecule has 0 aromatic heterocycles. The van der Waals surface area contributed by atoms with E-state index in [-0.39, 0.29) is 0 Å². The number of hydrogen-bond donors (Lipinski definition) is 2. The van der Waals surface area contributed by atoms with Gasteiger partial charge < -0.3 is 11.1 Å². The van der Waals surface area contributed by atoms with Crippen LogP contribution in [0.25, 0.3) is 11.1 Å². The quantitative estimate of drug-likeness (QED) is 0.735. The molecular formula is C17H22N2. The van der Waals surface area contributed by atoms with Crippen molar-refractivity contribution in [3.05, 3.63) is 54.6 Å². The van der Waals surface area contributed by atoms with Crippen LogP contribution in [0.3, 0.4) is 0 Å². The first-order valence-corrected chi connectivity index (χ1v) is 6.99. The van der Waals surface area contributed by atoms with Gasteiger partial charge in [0.15, 0.2) is 0 Å². The predicted molar refractivity (Wildman–Crippen MR) is 83.3 cm³/mol. The second kappa shape index (κ2) is 7.59. The molecule has 0 saturated heterocycles. The molecule has 0 unspecified atom stereocenters. The van der Waals surface area contributed by atoms with E-state index in [1.54, 1.807) is 0 Å². The number of benzene rings is 2. The summed E-state index contributed by atoms with van der Waals surface area (Å²) in [5, 5.41) is 3.44. The van der Waals surface area contributed by atoms with Crippen LogP contribution in [0.2, 0.25) is 0 Å². The summed E-state index contributed by atoms with van der Waals surface area (Å²) in [5.74, 6) is 0. The predicted octanol–water partition coefficient (Wildman–Crippen LogP) is 3.89. The molecule has 0 aliphatic heterocycles. The Hall–Kier alpha value is -1.80. The summed E-state index contributed by atoms with van der Waals surface area (Å²) < 4.78 is 0. The Kier molecular flexibility index (Phi) is 5.45. The van der Waals surface area contributed by atoms with Crippen molar-refractivity contribution in [2.24, 2.45) is 5.73 Å². The summed E-state index contributed by atoms with van der Waals surface area (Å²) in [6.07, 6.45) is 3.50. The van der Waals surface area contributed by atoms with E-state index in [1.807, 2.05) is 6.07 Å². The second-order valence-electron chi connectivity index (χ2n) is 4.72. The number of nitrogens with one attached hydrogen (secondary N) is 1. The molecule has 0 atom stereocenters. The summed E-state index contributed by atoms with van der Waals surface area (Å²) >= 11 is 0. The molecule has 0 amide bonds. The molecule has 2 nitrogen and oxygen atoms in total. The lowest BCUT2D eigenvalue weighted by Gasteiger charge is -2.07. The van der Waals surface area contributed by atoms with Gasteiger partial charge in [0.05, 0.1) is 0 Å². The Labute approximate surface area is 115 Å². The number of unbranched alkanes of at least 4 members (excludes halogenated alkanes) is 2. The molecule has 2 aromatic rings. The molecule has 0 aliphatic rings. The number of rotatable bonds is 7. The van der Waals surface area contributed by atoms with Crippen LogP contribution in [0.4, 0.5) is 5.69 Å². The highest BCUT2D eigenvalue weighted by Crippen LogP contribution is 2.20. The molecular weight excluding hydrogens is 232 g/mol. The van der Waals surface area contributed by atoms with Crippen LogP contribution in [0, 0.1) is 0 Å². The van der Waals surface area contributed by atoms with Crippen molar-refractivity contribution in [1.82, 2.24) is 0 Å². The van der Waals surface area contributed by atoms with Crippen molar-refractivity contribution in [2.75, 3.05) is 18.4 Å². The van der Waals surface area contributed by atoms with Crippen LogP contribution in [0.15, 0.2) is 54.6 Å². The zero-order chi connectivity index (χ0) is 13.3. The fourth-order valence-corrected chi connectivity index (χ4v) is 2.09. The van der Waals surface area contributed by atoms with E-state index < -0.39 is 0 Å². The highest BCUT2D eigenvalue weighted by atomic mass is 14.9. The normalized spacial score (nSPS) is 10.4. The molecule has 2 rings (SSSR count). The van der Waals surface area contributed by atoms with Crippen LogP contribution in [0.5, 0.6) is 0 Å². The average molecular weight is 254 g/mol. The Balaban J connectivity index is 1.85. The maximum absolute atomic E-state index is 5.47. The van der Waals surface area contributed by atoms with Crippen molar-refractivity contribution in [3.63, 3.8) is 0 Å². The fraction of sp³-hybridized carbons (Fsp3) is 0.294. The monoisotopic (exact) mass is 254 g/mol. The van der Waals surface area contributed by atoms with Gasteiger partial charge in [0, 0.05) is 12.2 Å². The zero-order valence-corrected chi connectivity index (χ0v) is 11.3. The molecule has 0 aliphatic carbocycles. The lowest BCUT2D eigenvalue weighted by molar-refractivity contribution is 0.707. The standard InChI is InChI=1S/C17H22N2/c18-13-5-2-6-14-19-17-11-9-16(10-12-17)15-7-3-1-4-8-15/h1,3-4,7-12,19H,2,5-6,13-14,18H2. The van der Waals surface area contributed by atoms with Gasteiger partial charge in [0.2, 0.25) is 0 Å². The van der Waals surface area contributed by atoms with Crippen LogP contribution in [0.1, 0.15) is 19.3 Å². The van der Waals surface area contributed by atoms with Crippen molar-refractivity contribution in [1.29, 1.82) is 0 Å². The Morgan fingerprint density at radius 2 is 1.42 bits per heavy atom. The van der Waals surface area contributed by atoms with Crippen LogP contribution >= 0.6 is 0 Å². The lowest BCUT2D eigenvalue weighted by atomic mass is 10.1. The van der Waals surface area contributed by atoms with Crippen LogP contribution in [-0.2, 0) is 0 Å². The Bertz CT molecular complexity index is 462. The molecule has 2 heteroatoms. The summed E-state index contributed by atoms with van der Waals surface area (Å²) in [6, 6.07) is 19.1. The molecule has 0 fully saturated rings. The number of hydrogen-bond acceptors (Lipinski definition) is 2. The van der Waals surface area contributed by atoms with E-state index >= 15 is 0 Å². The topological polar surface area (TPSA) is 38.0 Å². The Morgan fingerprint density at radius 3 is 2.11 bits per heavy atom. The van der Waals surface area contributed by atoms with Gasteiger partial charge in [-0.15, -0.1) is 0 Å². The van der Waals surface area contributed by atoms with E-state index in [2.05, 4.69) is 53.8 Å². The number of nitrogens with two attached hydrogens (primary N) is 1. The number of anilines is 1. The first-order valence-electron chi connectivity index (χ1n) is 6.99. The molecule has 2 aromatic carbocycles. The average Bonchev–Trinajstić information content (AvgIpc) is 2.49. The van der Waals surface area contributed by atoms with Gasteiger partial charge in [-0.1, -0.05) is 48.9 Å². The highest BCUT2D eigenvalue weighted by Gasteiger charge is 1.97. The summed E-state index contributed by atoms with van der Waals surface area (Å²) in [4.78, 5) is 0. The van der Waals surface area contributed by atoms with Crippen molar-refractivity contribution in [2.45, 2.75) is 19.3 Å². The SMILES string of the molecule is NCCCCCNc1ccc(-c2ccccc2)cc1. The summed E-state index contributed by atoms with van der Waals surface area (Å²) in [7, 11) is 0. The molecule has 0 radical (unpaired) electrons. The molecule has 3 N–H and O–H groups in total. The molecule has 0 heterocycles. The molecule has 19 heavy (non-hydrogen) atoms. The van der Waals surface area contributed by atoms with Gasteiger partial charge in [-0.3, -0.25) is 0 Å². The van der Waals surface area contributed by atoms with Gasteiger partial charge in [-0.25, -0.2) is 0 Å². The van der Waals surface area contributed by atoms with Crippen molar-refractivity contribution in [3.8, 4) is 11.1 Å². The first-order chi connectivity index (χ1) is 9.40. The van der Waals surface area contributed by atoms with Gasteiger partial charge in [0.25, 0.3) is 0 Å². The largest absolute Gasteiger partial charge is 0.385 e. The summed E-state index contributed by atoms with van der Waals surface area (Å²) in [6.45, 7) is 1.82. The lowest BCUT2D eigenvalue weighted by Crippen LogP contribution is -2.03. The van der Waals surface area contributed by atoms with Gasteiger partial charge in [0.1, 0.15) is 0 Å². The van der Waals surface area contributed by atoms with E-state index in [0.717, 1.165) is 19.5 Å². The van der Waals surface area contributed by atoms with E-state index in [4.69, 9.17) is 5.73 Å². The third-order valence-electron chi connectivity index (χ3n) is 3.20. The first kappa shape index (κ1) is 13.6. The minimum atomic E-state index is 0.797. The maximum Gasteiger partial charge on any atom is 0.0340 e. The molecule has 0 spiro atoms. The van der Waals surface area contributed by atoms with Crippen LogP contribution in [-0.4, -0.2) is 13.1 Å². The molecule has 0 saturated carbocycles. The van der Waals surface area contributed by atoms with E-state index in [1.165, 1.54) is 29.7 Å². The van der Waals surface area contributed by atoms with E-state index in [9.17, 15) is 0 Å². The smallest absolute Gasteiger partial charge is 0.0340 e. The minimum absolute atomic E-state index is 0.797. The third-order valence-corrected chi connectivity index (χ3v) is 3.20. The second-order valence-corrected chi connectivity index (χ2v) is 4.72. The Morgan fingerprint density at radius 1 is 0.737 bits per heavy atom. The highest BCUT2D eigenvalue weighted by molar-refractivity contribution is 5.65. The van der Waals surface area contributed by atoms with E-state index in [0.29, 0.717) is 0 Å². The summed E-state index contributed by atoms with van der Waals surface area (Å²) in [5.41, 5.74) is 9.18. The van der Waals surface area contributed by atoms with Crippen LogP contribution < -0.4 is 11.1 Å². The maximum atomic E-state index is 5.47. The van der Waals surface area contributed by atoms with Gasteiger partial charge >= 0.3 is 0 Å².